The van der Waals surface area contributed by atoms with Crippen molar-refractivity contribution < 1.29 is 19.2 Å². The van der Waals surface area contributed by atoms with Crippen LogP contribution < -0.4 is 11.2 Å². The molecule has 0 radical (unpaired) electrons. The Labute approximate surface area is 149 Å². The predicted octanol–water partition coefficient (Wildman–Crippen LogP) is 2.10. The molecule has 10 heteroatoms. The number of nitrogens with one attached hydrogen (secondary N) is 2. The normalized spacial score (nSPS) is 11.0. The van der Waals surface area contributed by atoms with E-state index in [1.54, 1.807) is 23.2 Å². The van der Waals surface area contributed by atoms with Crippen molar-refractivity contribution >= 4 is 23.8 Å². The van der Waals surface area contributed by atoms with Crippen LogP contribution in [0.4, 0.5) is 5.69 Å². The van der Waals surface area contributed by atoms with Gasteiger partial charge in [0.25, 0.3) is 0 Å². The van der Waals surface area contributed by atoms with E-state index in [1.165, 1.54) is 24.3 Å². The molecule has 2 heterocycles. The molecule has 0 atom stereocenters. The van der Waals surface area contributed by atoms with Crippen molar-refractivity contribution in [2.24, 2.45) is 0 Å². The Balaban J connectivity index is 1.99. The zero-order chi connectivity index (χ0) is 19.6. The summed E-state index contributed by atoms with van der Waals surface area (Å²) in [5.74, 6) is -0.599. The number of hydrogen-bond donors (Lipinski definition) is 3. The number of hydrogen-bond acceptors (Lipinski definition) is 6. The molecule has 10 nitrogen and oxygen atoms in total. The third kappa shape index (κ3) is 3.58. The molecule has 0 fully saturated rings. The van der Waals surface area contributed by atoms with E-state index >= 15 is 0 Å². The number of furan rings is 1. The molecule has 0 aliphatic rings. The highest BCUT2D eigenvalue weighted by Gasteiger charge is 2.19. The molecule has 2 aromatic heterocycles. The lowest BCUT2D eigenvalue weighted by atomic mass is 10.1. The number of carbonyl (C=O) groups is 1. The number of aromatic nitrogens is 2. The Bertz CT molecular complexity index is 1180. The van der Waals surface area contributed by atoms with Crippen LogP contribution >= 0.6 is 0 Å². The van der Waals surface area contributed by atoms with Crippen LogP contribution in [0.1, 0.15) is 21.8 Å². The summed E-state index contributed by atoms with van der Waals surface area (Å²) in [6.45, 7) is 0. The quantitative estimate of drug-likeness (QED) is 0.458. The molecule has 0 bridgehead atoms. The first-order valence-electron chi connectivity index (χ1n) is 7.48. The number of benzene rings is 1. The van der Waals surface area contributed by atoms with Crippen molar-refractivity contribution in [3.05, 3.63) is 84.4 Å². The summed E-state index contributed by atoms with van der Waals surface area (Å²) < 4.78 is 5.55. The summed E-state index contributed by atoms with van der Waals surface area (Å²) in [6, 6.07) is 9.30. The van der Waals surface area contributed by atoms with Crippen LogP contribution in [0.15, 0.2) is 50.4 Å². The lowest BCUT2D eigenvalue weighted by Crippen LogP contribution is -2.25. The van der Waals surface area contributed by atoms with Crippen LogP contribution in [0.2, 0.25) is 0 Å². The van der Waals surface area contributed by atoms with Crippen molar-refractivity contribution in [2.45, 2.75) is 0 Å². The molecule has 136 valence electrons. The third-order valence-electron chi connectivity index (χ3n) is 3.59. The SMILES string of the molecule is O=C(O)c1ccccc1-c1ccc(/C=C/c2[nH]c(=O)[nH]c(=O)c2[N+](=O)[O-])o1. The number of H-pyrrole nitrogens is 2. The molecule has 0 spiro atoms. The molecule has 0 saturated carbocycles. The Morgan fingerprint density at radius 1 is 1.11 bits per heavy atom. The number of nitro groups is 1. The van der Waals surface area contributed by atoms with E-state index in [2.05, 4.69) is 4.98 Å². The highest BCUT2D eigenvalue weighted by molar-refractivity contribution is 5.95. The van der Waals surface area contributed by atoms with E-state index in [0.717, 1.165) is 6.08 Å². The molecule has 0 unspecified atom stereocenters. The summed E-state index contributed by atoms with van der Waals surface area (Å²) in [6.07, 6.45) is 2.46. The number of aromatic carboxylic acids is 1. The Morgan fingerprint density at radius 3 is 2.56 bits per heavy atom. The molecule has 1 aromatic carbocycles. The first kappa shape index (κ1) is 17.6. The second-order valence-corrected chi connectivity index (χ2v) is 5.31. The minimum Gasteiger partial charge on any atom is -0.478 e. The zero-order valence-electron chi connectivity index (χ0n) is 13.5. The summed E-state index contributed by atoms with van der Waals surface area (Å²) in [5.41, 5.74) is -2.71. The molecule has 27 heavy (non-hydrogen) atoms. The average Bonchev–Trinajstić information content (AvgIpc) is 3.07. The number of nitrogens with zero attached hydrogens (tertiary/aromatic N) is 1. The fourth-order valence-corrected chi connectivity index (χ4v) is 2.44. The maximum atomic E-state index is 11.6. The van der Waals surface area contributed by atoms with Crippen molar-refractivity contribution in [3.8, 4) is 11.3 Å². The molecule has 0 saturated heterocycles. The van der Waals surface area contributed by atoms with Crippen LogP contribution in [0.5, 0.6) is 0 Å². The van der Waals surface area contributed by atoms with Crippen molar-refractivity contribution in [2.75, 3.05) is 0 Å². The summed E-state index contributed by atoms with van der Waals surface area (Å²) in [5, 5.41) is 20.2. The van der Waals surface area contributed by atoms with E-state index in [1.807, 2.05) is 0 Å². The molecule has 0 amide bonds. The zero-order valence-corrected chi connectivity index (χ0v) is 13.5. The monoisotopic (exact) mass is 369 g/mol. The molecule has 3 aromatic rings. The first-order valence-corrected chi connectivity index (χ1v) is 7.48. The second-order valence-electron chi connectivity index (χ2n) is 5.31. The van der Waals surface area contributed by atoms with E-state index in [4.69, 9.17) is 4.42 Å². The van der Waals surface area contributed by atoms with Gasteiger partial charge in [-0.3, -0.25) is 19.9 Å². The standard InChI is InChI=1S/C17H11N3O7/c21-15-14(20(25)26)12(18-17(24)19-15)7-5-9-6-8-13(27-9)10-3-1-2-4-11(10)16(22)23/h1-8H,(H,22,23)(H2,18,19,21,24)/b7-5+. The minimum absolute atomic E-state index is 0.0527. The largest absolute Gasteiger partial charge is 0.478 e. The van der Waals surface area contributed by atoms with Gasteiger partial charge >= 0.3 is 22.9 Å². The minimum atomic E-state index is -1.13. The van der Waals surface area contributed by atoms with Crippen molar-refractivity contribution in [1.82, 2.24) is 9.97 Å². The Hall–Kier alpha value is -4.21. The summed E-state index contributed by atoms with van der Waals surface area (Å²) >= 11 is 0. The maximum Gasteiger partial charge on any atom is 0.357 e. The predicted molar refractivity (Wildman–Crippen MR) is 94.4 cm³/mol. The van der Waals surface area contributed by atoms with Crippen LogP contribution in [0.25, 0.3) is 23.5 Å². The van der Waals surface area contributed by atoms with Crippen LogP contribution in [-0.4, -0.2) is 26.0 Å². The van der Waals surface area contributed by atoms with Gasteiger partial charge < -0.3 is 14.5 Å². The van der Waals surface area contributed by atoms with Crippen LogP contribution in [-0.2, 0) is 0 Å². The second kappa shape index (κ2) is 6.96. The van der Waals surface area contributed by atoms with Crippen molar-refractivity contribution in [3.63, 3.8) is 0 Å². The highest BCUT2D eigenvalue weighted by atomic mass is 16.6. The molecular weight excluding hydrogens is 358 g/mol. The van der Waals surface area contributed by atoms with Crippen LogP contribution in [0.3, 0.4) is 0 Å². The molecule has 0 aliphatic carbocycles. The average molecular weight is 369 g/mol. The van der Waals surface area contributed by atoms with Gasteiger partial charge in [0.05, 0.1) is 10.5 Å². The van der Waals surface area contributed by atoms with Gasteiger partial charge in [-0.15, -0.1) is 0 Å². The van der Waals surface area contributed by atoms with E-state index < -0.39 is 27.8 Å². The lowest BCUT2D eigenvalue weighted by molar-refractivity contribution is -0.386. The smallest absolute Gasteiger partial charge is 0.357 e. The number of aromatic amines is 2. The fourth-order valence-electron chi connectivity index (χ4n) is 2.44. The maximum absolute atomic E-state index is 11.6. The Kier molecular flexibility index (Phi) is 4.54. The van der Waals surface area contributed by atoms with Gasteiger partial charge in [0.15, 0.2) is 0 Å². The van der Waals surface area contributed by atoms with Gasteiger partial charge in [-0.1, -0.05) is 18.2 Å². The molecular formula is C17H11N3O7. The van der Waals surface area contributed by atoms with Gasteiger partial charge in [-0.2, -0.15) is 0 Å². The lowest BCUT2D eigenvalue weighted by Gasteiger charge is -2.01. The number of carboxylic acid groups (broad SMARTS) is 1. The van der Waals surface area contributed by atoms with E-state index in [9.17, 15) is 29.6 Å². The fraction of sp³-hybridized carbons (Fsp3) is 0. The first-order chi connectivity index (χ1) is 12.9. The summed E-state index contributed by atoms with van der Waals surface area (Å²) in [4.78, 5) is 48.3. The highest BCUT2D eigenvalue weighted by Crippen LogP contribution is 2.26. The third-order valence-corrected chi connectivity index (χ3v) is 3.59. The van der Waals surface area contributed by atoms with E-state index in [0.29, 0.717) is 5.56 Å². The molecule has 0 aliphatic heterocycles. The molecule has 3 N–H and O–H groups in total. The van der Waals surface area contributed by atoms with E-state index in [-0.39, 0.29) is 22.8 Å². The van der Waals surface area contributed by atoms with Crippen LogP contribution in [0, 0.1) is 10.1 Å². The van der Waals surface area contributed by atoms with Crippen molar-refractivity contribution in [1.29, 1.82) is 0 Å². The Morgan fingerprint density at radius 2 is 1.85 bits per heavy atom. The van der Waals surface area contributed by atoms with Gasteiger partial charge in [-0.05, 0) is 30.4 Å². The van der Waals surface area contributed by atoms with Gasteiger partial charge in [0.1, 0.15) is 17.2 Å². The van der Waals surface area contributed by atoms with Gasteiger partial charge in [0.2, 0.25) is 0 Å². The molecule has 3 rings (SSSR count). The van der Waals surface area contributed by atoms with Gasteiger partial charge in [0, 0.05) is 5.56 Å². The topological polar surface area (TPSA) is 159 Å². The summed E-state index contributed by atoms with van der Waals surface area (Å²) in [7, 11) is 0. The van der Waals surface area contributed by atoms with Gasteiger partial charge in [-0.25, -0.2) is 9.59 Å². The number of rotatable bonds is 5. The number of carboxylic acids is 1.